The van der Waals surface area contributed by atoms with E-state index in [4.69, 9.17) is 9.84 Å². The Hall–Kier alpha value is -1.62. The molecule has 0 aliphatic carbocycles. The van der Waals surface area contributed by atoms with Gasteiger partial charge in [-0.15, -0.1) is 0 Å². The van der Waals surface area contributed by atoms with Gasteiger partial charge < -0.3 is 11.3 Å². The van der Waals surface area contributed by atoms with Crippen LogP contribution < -0.4 is 34.3 Å². The summed E-state index contributed by atoms with van der Waals surface area (Å²) in [7, 11) is 0. The van der Waals surface area contributed by atoms with Gasteiger partial charge in [0.1, 0.15) is 5.75 Å². The van der Waals surface area contributed by atoms with Crippen molar-refractivity contribution in [1.82, 2.24) is 0 Å². The van der Waals surface area contributed by atoms with Crippen LogP contribution in [-0.4, -0.2) is 17.0 Å². The van der Waals surface area contributed by atoms with Crippen molar-refractivity contribution in [2.24, 2.45) is 0 Å². The van der Waals surface area contributed by atoms with Gasteiger partial charge in [0.2, 0.25) is 0 Å². The fourth-order valence-corrected chi connectivity index (χ4v) is 1.41. The molecule has 0 unspecified atom stereocenters. The van der Waals surface area contributed by atoms with Crippen molar-refractivity contribution >= 4 is 11.9 Å². The third kappa shape index (κ3) is 4.21. The van der Waals surface area contributed by atoms with E-state index in [1.807, 2.05) is 0 Å². The Morgan fingerprint density at radius 1 is 0.895 bits per heavy atom. The van der Waals surface area contributed by atoms with Crippen LogP contribution in [-0.2, 0) is 0 Å². The molecule has 5 heteroatoms. The summed E-state index contributed by atoms with van der Waals surface area (Å²) in [5.74, 6) is -1.18. The number of carboxylic acid groups (broad SMARTS) is 1. The summed E-state index contributed by atoms with van der Waals surface area (Å²) in [6, 6.07) is 14.2. The Balaban J connectivity index is 0.00000180. The van der Waals surface area contributed by atoms with Crippen LogP contribution in [0.5, 0.6) is 5.75 Å². The van der Waals surface area contributed by atoms with Crippen molar-refractivity contribution in [2.75, 3.05) is 0 Å². The number of carbonyl (C=O) groups is 2. The maximum absolute atomic E-state index is 11.7. The van der Waals surface area contributed by atoms with Gasteiger partial charge in [-0.3, -0.25) is 0 Å². The van der Waals surface area contributed by atoms with Crippen molar-refractivity contribution in [3.63, 3.8) is 0 Å². The Kier molecular flexibility index (Phi) is 5.76. The molecule has 0 saturated carbocycles. The molecule has 0 atom stereocenters. The molecule has 0 aromatic heterocycles. The van der Waals surface area contributed by atoms with Gasteiger partial charge in [0.05, 0.1) is 11.1 Å². The summed E-state index contributed by atoms with van der Waals surface area (Å²) >= 11 is 0. The van der Waals surface area contributed by atoms with E-state index >= 15 is 0 Å². The Bertz CT molecular complexity index is 569. The van der Waals surface area contributed by atoms with E-state index in [2.05, 4.69) is 0 Å². The molecule has 4 nitrogen and oxygen atoms in total. The van der Waals surface area contributed by atoms with E-state index in [0.717, 1.165) is 0 Å². The number of benzene rings is 2. The summed E-state index contributed by atoms with van der Waals surface area (Å²) < 4.78 is 5.10. The van der Waals surface area contributed by atoms with Gasteiger partial charge >= 0.3 is 41.5 Å². The van der Waals surface area contributed by atoms with Crippen molar-refractivity contribution < 1.29 is 50.4 Å². The summed E-state index contributed by atoms with van der Waals surface area (Å²) in [5.41, 5.74) is 0.592. The van der Waals surface area contributed by atoms with Crippen LogP contribution in [0.15, 0.2) is 54.6 Å². The van der Waals surface area contributed by atoms with Crippen LogP contribution >= 0.6 is 0 Å². The minimum absolute atomic E-state index is 0. The fraction of sp³-hybridized carbons (Fsp3) is 0. The zero-order valence-corrected chi connectivity index (χ0v) is 12.4. The number of aromatic carboxylic acids is 1. The van der Waals surface area contributed by atoms with E-state index in [-0.39, 0.29) is 36.5 Å². The second-order valence-electron chi connectivity index (χ2n) is 3.59. The molecule has 0 aliphatic heterocycles. The number of hydrogen-bond donors (Lipinski definition) is 1. The van der Waals surface area contributed by atoms with Gasteiger partial charge in [0.15, 0.2) is 0 Å². The van der Waals surface area contributed by atoms with Crippen LogP contribution in [0.3, 0.4) is 0 Å². The summed E-state index contributed by atoms with van der Waals surface area (Å²) in [4.78, 5) is 22.3. The van der Waals surface area contributed by atoms with Crippen LogP contribution in [0.2, 0.25) is 0 Å². The smallest absolute Gasteiger partial charge is 1.00 e. The summed E-state index contributed by atoms with van der Waals surface area (Å²) in [5, 5.41) is 8.73. The van der Waals surface area contributed by atoms with E-state index in [0.29, 0.717) is 11.3 Å². The first-order valence-electron chi connectivity index (χ1n) is 5.27. The molecule has 19 heavy (non-hydrogen) atoms. The molecular weight excluding hydrogens is 255 g/mol. The molecule has 2 aromatic rings. The summed E-state index contributed by atoms with van der Waals surface area (Å²) in [6.45, 7) is 0. The second-order valence-corrected chi connectivity index (χ2v) is 3.59. The van der Waals surface area contributed by atoms with E-state index in [1.165, 1.54) is 24.3 Å². The molecule has 0 fully saturated rings. The van der Waals surface area contributed by atoms with Crippen molar-refractivity contribution in [3.8, 4) is 5.75 Å². The van der Waals surface area contributed by atoms with Gasteiger partial charge in [-0.05, 0) is 36.4 Å². The molecular formula is C14H11NaO4. The van der Waals surface area contributed by atoms with E-state index < -0.39 is 11.9 Å². The Morgan fingerprint density at radius 3 is 2.00 bits per heavy atom. The predicted octanol–water partition coefficient (Wildman–Crippen LogP) is -0.280. The first kappa shape index (κ1) is 15.4. The molecule has 92 valence electrons. The third-order valence-corrected chi connectivity index (χ3v) is 2.32. The number of carboxylic acids is 1. The van der Waals surface area contributed by atoms with Crippen LogP contribution in [0.25, 0.3) is 0 Å². The van der Waals surface area contributed by atoms with E-state index in [1.54, 1.807) is 30.3 Å². The third-order valence-electron chi connectivity index (χ3n) is 2.32. The van der Waals surface area contributed by atoms with Gasteiger partial charge in [0.25, 0.3) is 0 Å². The van der Waals surface area contributed by atoms with Gasteiger partial charge in [-0.1, -0.05) is 18.2 Å². The predicted molar refractivity (Wildman–Crippen MR) is 65.9 cm³/mol. The van der Waals surface area contributed by atoms with Gasteiger partial charge in [-0.25, -0.2) is 9.59 Å². The molecule has 2 rings (SSSR count). The first-order valence-corrected chi connectivity index (χ1v) is 5.27. The Morgan fingerprint density at radius 2 is 1.47 bits per heavy atom. The number of esters is 1. The first-order chi connectivity index (χ1) is 8.66. The average molecular weight is 266 g/mol. The minimum Gasteiger partial charge on any atom is -1.00 e. The maximum Gasteiger partial charge on any atom is 1.00 e. The fourth-order valence-electron chi connectivity index (χ4n) is 1.41. The maximum atomic E-state index is 11.7. The van der Waals surface area contributed by atoms with E-state index in [9.17, 15) is 9.59 Å². The average Bonchev–Trinajstić information content (AvgIpc) is 2.40. The quantitative estimate of drug-likeness (QED) is 0.471. The molecule has 0 bridgehead atoms. The molecule has 0 radical (unpaired) electrons. The zero-order chi connectivity index (χ0) is 13.0. The van der Waals surface area contributed by atoms with Crippen molar-refractivity contribution in [2.45, 2.75) is 0 Å². The van der Waals surface area contributed by atoms with Crippen LogP contribution in [0, 0.1) is 0 Å². The van der Waals surface area contributed by atoms with Crippen LogP contribution in [0.1, 0.15) is 22.1 Å². The normalized spacial score (nSPS) is 9.26. The standard InChI is InChI=1S/C14H10O4.Na.H/c15-13(16)10-6-8-12(9-7-10)18-14(17)11-4-2-1-3-5-11;;/h1-9H,(H,15,16);;/q;+1;-1. The Labute approximate surface area is 133 Å². The number of rotatable bonds is 3. The number of carbonyl (C=O) groups excluding carboxylic acids is 1. The molecule has 0 heterocycles. The summed E-state index contributed by atoms with van der Waals surface area (Å²) in [6.07, 6.45) is 0. The van der Waals surface area contributed by atoms with Crippen molar-refractivity contribution in [1.29, 1.82) is 0 Å². The molecule has 0 saturated heterocycles. The van der Waals surface area contributed by atoms with Crippen molar-refractivity contribution in [3.05, 3.63) is 65.7 Å². The van der Waals surface area contributed by atoms with Gasteiger partial charge in [-0.2, -0.15) is 0 Å². The molecule has 0 aliphatic rings. The molecule has 1 N–H and O–H groups in total. The SMILES string of the molecule is O=C(O)c1ccc(OC(=O)c2ccccc2)cc1.[H-].[Na+]. The number of ether oxygens (including phenoxy) is 1. The number of hydrogen-bond acceptors (Lipinski definition) is 3. The zero-order valence-electron chi connectivity index (χ0n) is 11.4. The topological polar surface area (TPSA) is 63.6 Å². The molecule has 0 spiro atoms. The monoisotopic (exact) mass is 266 g/mol. The van der Waals surface area contributed by atoms with Gasteiger partial charge in [0, 0.05) is 0 Å². The molecule has 0 amide bonds. The molecule has 2 aromatic carbocycles. The second kappa shape index (κ2) is 7.09. The van der Waals surface area contributed by atoms with Crippen LogP contribution in [0.4, 0.5) is 0 Å². The minimum atomic E-state index is -1.02. The largest absolute Gasteiger partial charge is 1.00 e.